The third-order valence-electron chi connectivity index (χ3n) is 4.09. The van der Waals surface area contributed by atoms with Gasteiger partial charge in [0.15, 0.2) is 0 Å². The van der Waals surface area contributed by atoms with Gasteiger partial charge in [-0.3, -0.25) is 0 Å². The highest BCUT2D eigenvalue weighted by Gasteiger charge is 2.42. The van der Waals surface area contributed by atoms with E-state index in [2.05, 4.69) is 6.92 Å². The van der Waals surface area contributed by atoms with Gasteiger partial charge in [-0.05, 0) is 38.5 Å². The molecule has 0 radical (unpaired) electrons. The van der Waals surface area contributed by atoms with Gasteiger partial charge in [-0.1, -0.05) is 6.92 Å². The molecule has 0 aromatic rings. The standard InChI is InChI=1S/C14H27NO3/c1-3-7-17-14-12(15)9-13(14)18-11-6-4-5-10(8-11)16-2/h10-14H,3-9,15H2,1-2H3. The summed E-state index contributed by atoms with van der Waals surface area (Å²) in [4.78, 5) is 0. The lowest BCUT2D eigenvalue weighted by Gasteiger charge is -2.44. The zero-order valence-corrected chi connectivity index (χ0v) is 11.6. The molecule has 0 amide bonds. The highest BCUT2D eigenvalue weighted by atomic mass is 16.6. The highest BCUT2D eigenvalue weighted by Crippen LogP contribution is 2.31. The molecule has 0 aromatic carbocycles. The molecule has 2 N–H and O–H groups in total. The normalized spacial score (nSPS) is 40.5. The molecule has 0 saturated heterocycles. The first-order valence-corrected chi connectivity index (χ1v) is 7.30. The van der Waals surface area contributed by atoms with Crippen molar-refractivity contribution in [3.05, 3.63) is 0 Å². The van der Waals surface area contributed by atoms with E-state index in [1.54, 1.807) is 7.11 Å². The monoisotopic (exact) mass is 257 g/mol. The zero-order chi connectivity index (χ0) is 13.0. The van der Waals surface area contributed by atoms with Crippen molar-refractivity contribution in [2.24, 2.45) is 5.73 Å². The molecule has 0 aliphatic heterocycles. The van der Waals surface area contributed by atoms with E-state index in [0.29, 0.717) is 12.2 Å². The van der Waals surface area contributed by atoms with Crippen molar-refractivity contribution in [3.63, 3.8) is 0 Å². The summed E-state index contributed by atoms with van der Waals surface area (Å²) in [5.74, 6) is 0. The van der Waals surface area contributed by atoms with Crippen LogP contribution in [0.5, 0.6) is 0 Å². The first kappa shape index (κ1) is 14.3. The van der Waals surface area contributed by atoms with Gasteiger partial charge in [0, 0.05) is 19.8 Å². The minimum absolute atomic E-state index is 0.105. The van der Waals surface area contributed by atoms with E-state index >= 15 is 0 Å². The molecule has 106 valence electrons. The van der Waals surface area contributed by atoms with Gasteiger partial charge >= 0.3 is 0 Å². The average Bonchev–Trinajstić information content (AvgIpc) is 2.39. The van der Waals surface area contributed by atoms with Gasteiger partial charge in [0.25, 0.3) is 0 Å². The van der Waals surface area contributed by atoms with Crippen LogP contribution in [0.4, 0.5) is 0 Å². The van der Waals surface area contributed by atoms with Crippen molar-refractivity contribution in [2.45, 2.75) is 75.9 Å². The van der Waals surface area contributed by atoms with Crippen LogP contribution in [0.15, 0.2) is 0 Å². The lowest BCUT2D eigenvalue weighted by molar-refractivity contribution is -0.172. The van der Waals surface area contributed by atoms with Gasteiger partial charge in [-0.25, -0.2) is 0 Å². The zero-order valence-electron chi connectivity index (χ0n) is 11.6. The van der Waals surface area contributed by atoms with Crippen LogP contribution in [-0.2, 0) is 14.2 Å². The van der Waals surface area contributed by atoms with Gasteiger partial charge in [-0.15, -0.1) is 0 Å². The van der Waals surface area contributed by atoms with E-state index in [1.807, 2.05) is 0 Å². The lowest BCUT2D eigenvalue weighted by atomic mass is 9.85. The number of methoxy groups -OCH3 is 1. The van der Waals surface area contributed by atoms with Crippen molar-refractivity contribution < 1.29 is 14.2 Å². The van der Waals surface area contributed by atoms with Crippen LogP contribution in [-0.4, -0.2) is 44.2 Å². The Hall–Kier alpha value is -0.160. The summed E-state index contributed by atoms with van der Waals surface area (Å²) < 4.78 is 17.4. The molecule has 5 atom stereocenters. The Morgan fingerprint density at radius 1 is 1.17 bits per heavy atom. The Labute approximate surface area is 110 Å². The van der Waals surface area contributed by atoms with Crippen LogP contribution in [0.25, 0.3) is 0 Å². The molecule has 2 aliphatic rings. The number of ether oxygens (including phenoxy) is 3. The molecule has 0 heterocycles. The molecular formula is C14H27NO3. The topological polar surface area (TPSA) is 53.7 Å². The summed E-state index contributed by atoms with van der Waals surface area (Å²) in [5.41, 5.74) is 5.98. The first-order chi connectivity index (χ1) is 8.74. The molecule has 5 unspecified atom stereocenters. The fourth-order valence-electron chi connectivity index (χ4n) is 2.92. The van der Waals surface area contributed by atoms with Gasteiger partial charge in [-0.2, -0.15) is 0 Å². The van der Waals surface area contributed by atoms with Crippen LogP contribution in [0, 0.1) is 0 Å². The molecule has 2 aliphatic carbocycles. The van der Waals surface area contributed by atoms with E-state index in [4.69, 9.17) is 19.9 Å². The van der Waals surface area contributed by atoms with E-state index in [1.165, 1.54) is 6.42 Å². The SMILES string of the molecule is CCCOC1C(N)CC1OC1CCCC(OC)C1. The van der Waals surface area contributed by atoms with Crippen LogP contribution < -0.4 is 5.73 Å². The van der Waals surface area contributed by atoms with E-state index in [9.17, 15) is 0 Å². The molecule has 4 heteroatoms. The largest absolute Gasteiger partial charge is 0.381 e. The van der Waals surface area contributed by atoms with Crippen LogP contribution >= 0.6 is 0 Å². The average molecular weight is 257 g/mol. The van der Waals surface area contributed by atoms with Gasteiger partial charge < -0.3 is 19.9 Å². The Morgan fingerprint density at radius 3 is 2.61 bits per heavy atom. The maximum Gasteiger partial charge on any atom is 0.0988 e. The predicted octanol–water partition coefficient (Wildman–Crippen LogP) is 1.86. The quantitative estimate of drug-likeness (QED) is 0.789. The smallest absolute Gasteiger partial charge is 0.0988 e. The molecule has 2 saturated carbocycles. The molecule has 0 aromatic heterocycles. The first-order valence-electron chi connectivity index (χ1n) is 7.30. The van der Waals surface area contributed by atoms with E-state index in [0.717, 1.165) is 38.7 Å². The second kappa shape index (κ2) is 6.85. The van der Waals surface area contributed by atoms with Crippen LogP contribution in [0.1, 0.15) is 45.4 Å². The summed E-state index contributed by atoms with van der Waals surface area (Å²) in [7, 11) is 1.79. The maximum atomic E-state index is 6.15. The third kappa shape index (κ3) is 3.44. The Bertz CT molecular complexity index is 249. The molecule has 4 nitrogen and oxygen atoms in total. The highest BCUT2D eigenvalue weighted by molar-refractivity contribution is 4.96. The van der Waals surface area contributed by atoms with Crippen molar-refractivity contribution in [2.75, 3.05) is 13.7 Å². The summed E-state index contributed by atoms with van der Waals surface area (Å²) in [6.45, 7) is 2.90. The van der Waals surface area contributed by atoms with Crippen LogP contribution in [0.2, 0.25) is 0 Å². The Kier molecular flexibility index (Phi) is 5.42. The summed E-state index contributed by atoms with van der Waals surface area (Å²) >= 11 is 0. The van der Waals surface area contributed by atoms with Crippen LogP contribution in [0.3, 0.4) is 0 Å². The number of rotatable bonds is 6. The molecule has 2 rings (SSSR count). The van der Waals surface area contributed by atoms with Crippen molar-refractivity contribution >= 4 is 0 Å². The molecule has 18 heavy (non-hydrogen) atoms. The van der Waals surface area contributed by atoms with E-state index < -0.39 is 0 Å². The predicted molar refractivity (Wildman–Crippen MR) is 70.5 cm³/mol. The lowest BCUT2D eigenvalue weighted by Crippen LogP contribution is -2.59. The van der Waals surface area contributed by atoms with Crippen molar-refractivity contribution in [1.82, 2.24) is 0 Å². The van der Waals surface area contributed by atoms with Crippen molar-refractivity contribution in [3.8, 4) is 0 Å². The second-order valence-corrected chi connectivity index (χ2v) is 5.56. The fraction of sp³-hybridized carbons (Fsp3) is 1.00. The molecule has 2 fully saturated rings. The molecule has 0 bridgehead atoms. The fourth-order valence-corrected chi connectivity index (χ4v) is 2.92. The Balaban J connectivity index is 1.75. The summed E-state index contributed by atoms with van der Waals surface area (Å²) in [5, 5.41) is 0. The number of hydrogen-bond acceptors (Lipinski definition) is 4. The summed E-state index contributed by atoms with van der Waals surface area (Å²) in [6, 6.07) is 0.156. The van der Waals surface area contributed by atoms with Gasteiger partial charge in [0.05, 0.1) is 24.4 Å². The molecular weight excluding hydrogens is 230 g/mol. The maximum absolute atomic E-state index is 6.15. The summed E-state index contributed by atoms with van der Waals surface area (Å²) in [6.07, 6.45) is 7.49. The van der Waals surface area contributed by atoms with Gasteiger partial charge in [0.1, 0.15) is 0 Å². The van der Waals surface area contributed by atoms with E-state index in [-0.39, 0.29) is 18.2 Å². The minimum Gasteiger partial charge on any atom is -0.381 e. The number of hydrogen-bond donors (Lipinski definition) is 1. The third-order valence-corrected chi connectivity index (χ3v) is 4.09. The molecule has 0 spiro atoms. The van der Waals surface area contributed by atoms with Crippen molar-refractivity contribution in [1.29, 1.82) is 0 Å². The Morgan fingerprint density at radius 2 is 1.94 bits per heavy atom. The van der Waals surface area contributed by atoms with Gasteiger partial charge in [0.2, 0.25) is 0 Å². The minimum atomic E-state index is 0.105. The number of nitrogens with two attached hydrogens (primary N) is 1. The second-order valence-electron chi connectivity index (χ2n) is 5.56.